The molecule has 1 amide bonds. The number of carbonyl (C=O) groups is 1. The quantitative estimate of drug-likeness (QED) is 0.843. The van der Waals surface area contributed by atoms with Crippen molar-refractivity contribution in [3.63, 3.8) is 0 Å². The van der Waals surface area contributed by atoms with Crippen molar-refractivity contribution in [2.75, 3.05) is 0 Å². The van der Waals surface area contributed by atoms with E-state index in [9.17, 15) is 4.79 Å². The third kappa shape index (κ3) is 3.82. The van der Waals surface area contributed by atoms with Crippen LogP contribution in [-0.2, 0) is 0 Å². The number of aryl methyl sites for hydroxylation is 1. The van der Waals surface area contributed by atoms with Gasteiger partial charge in [0.1, 0.15) is 5.15 Å². The largest absolute Gasteiger partial charge is 0.347 e. The molecule has 2 rings (SSSR count). The Balaban J connectivity index is 2.54. The van der Waals surface area contributed by atoms with Gasteiger partial charge in [-0.2, -0.15) is 0 Å². The van der Waals surface area contributed by atoms with Gasteiger partial charge in [-0.1, -0.05) is 35.9 Å². The third-order valence-electron chi connectivity index (χ3n) is 3.04. The van der Waals surface area contributed by atoms with Crippen molar-refractivity contribution >= 4 is 17.5 Å². The molecule has 1 aromatic carbocycles. The predicted octanol–water partition coefficient (Wildman–Crippen LogP) is 4.24. The molecule has 0 unspecified atom stereocenters. The molecule has 4 heteroatoms. The van der Waals surface area contributed by atoms with E-state index in [0.29, 0.717) is 10.7 Å². The third-order valence-corrected chi connectivity index (χ3v) is 3.25. The van der Waals surface area contributed by atoms with E-state index in [4.69, 9.17) is 11.6 Å². The topological polar surface area (TPSA) is 42.0 Å². The van der Waals surface area contributed by atoms with Gasteiger partial charge in [0, 0.05) is 11.7 Å². The Kier molecular flexibility index (Phi) is 4.33. The van der Waals surface area contributed by atoms with Crippen molar-refractivity contribution in [1.29, 1.82) is 0 Å². The fourth-order valence-electron chi connectivity index (χ4n) is 2.12. The molecule has 0 aliphatic heterocycles. The summed E-state index contributed by atoms with van der Waals surface area (Å²) in [6, 6.07) is 9.64. The smallest absolute Gasteiger partial charge is 0.253 e. The summed E-state index contributed by atoms with van der Waals surface area (Å²) in [6.07, 6.45) is 1.53. The van der Waals surface area contributed by atoms with Crippen LogP contribution in [0.4, 0.5) is 0 Å². The average Bonchev–Trinajstić information content (AvgIpc) is 2.37. The molecule has 3 nitrogen and oxygen atoms in total. The highest BCUT2D eigenvalue weighted by Crippen LogP contribution is 2.28. The van der Waals surface area contributed by atoms with E-state index in [0.717, 1.165) is 16.7 Å². The molecular formula is C17H19ClN2O. The highest BCUT2D eigenvalue weighted by Gasteiger charge is 2.20. The normalized spacial score (nSPS) is 11.3. The standard InChI is InChI=1S/C17H19ClN2O/c1-11-7-5-6-8-12(11)13-9-15(18)19-10-14(13)16(21)20-17(2,3)4/h5-10H,1-4H3,(H,20,21). The van der Waals surface area contributed by atoms with E-state index in [1.807, 2.05) is 52.0 Å². The number of rotatable bonds is 2. The second-order valence-corrected chi connectivity index (χ2v) is 6.46. The van der Waals surface area contributed by atoms with Gasteiger partial charge in [0.2, 0.25) is 0 Å². The van der Waals surface area contributed by atoms with Crippen LogP contribution < -0.4 is 5.32 Å². The lowest BCUT2D eigenvalue weighted by Gasteiger charge is -2.21. The van der Waals surface area contributed by atoms with E-state index < -0.39 is 0 Å². The molecule has 0 bridgehead atoms. The molecule has 0 atom stereocenters. The van der Waals surface area contributed by atoms with Gasteiger partial charge in [-0.05, 0) is 50.5 Å². The molecule has 0 saturated heterocycles. The Morgan fingerprint density at radius 2 is 1.86 bits per heavy atom. The molecule has 1 aromatic heterocycles. The van der Waals surface area contributed by atoms with E-state index in [1.54, 1.807) is 6.07 Å². The Morgan fingerprint density at radius 3 is 2.48 bits per heavy atom. The zero-order valence-corrected chi connectivity index (χ0v) is 13.5. The van der Waals surface area contributed by atoms with Gasteiger partial charge >= 0.3 is 0 Å². The minimum absolute atomic E-state index is 0.148. The number of nitrogens with one attached hydrogen (secondary N) is 1. The first-order valence-electron chi connectivity index (χ1n) is 6.82. The summed E-state index contributed by atoms with van der Waals surface area (Å²) in [4.78, 5) is 16.5. The summed E-state index contributed by atoms with van der Waals surface area (Å²) in [5.41, 5.74) is 3.10. The molecule has 21 heavy (non-hydrogen) atoms. The van der Waals surface area contributed by atoms with Gasteiger partial charge in [-0.25, -0.2) is 4.98 Å². The molecule has 2 aromatic rings. The SMILES string of the molecule is Cc1ccccc1-c1cc(Cl)ncc1C(=O)NC(C)(C)C. The highest BCUT2D eigenvalue weighted by atomic mass is 35.5. The van der Waals surface area contributed by atoms with Crippen LogP contribution in [0.2, 0.25) is 5.15 Å². The van der Waals surface area contributed by atoms with Crippen LogP contribution in [0.15, 0.2) is 36.5 Å². The average molecular weight is 303 g/mol. The molecular weight excluding hydrogens is 284 g/mol. The lowest BCUT2D eigenvalue weighted by molar-refractivity contribution is 0.0920. The van der Waals surface area contributed by atoms with Crippen LogP contribution in [-0.4, -0.2) is 16.4 Å². The fraction of sp³-hybridized carbons (Fsp3) is 0.294. The van der Waals surface area contributed by atoms with Crippen molar-refractivity contribution in [2.24, 2.45) is 0 Å². The van der Waals surface area contributed by atoms with Gasteiger partial charge in [0.15, 0.2) is 0 Å². The summed E-state index contributed by atoms with van der Waals surface area (Å²) in [5.74, 6) is -0.148. The molecule has 0 aliphatic rings. The van der Waals surface area contributed by atoms with E-state index in [-0.39, 0.29) is 11.4 Å². The van der Waals surface area contributed by atoms with Gasteiger partial charge in [-0.15, -0.1) is 0 Å². The van der Waals surface area contributed by atoms with Crippen molar-refractivity contribution < 1.29 is 4.79 Å². The number of nitrogens with zero attached hydrogens (tertiary/aromatic N) is 1. The fourth-order valence-corrected chi connectivity index (χ4v) is 2.27. The van der Waals surface area contributed by atoms with Crippen LogP contribution in [0.5, 0.6) is 0 Å². The first kappa shape index (κ1) is 15.5. The second-order valence-electron chi connectivity index (χ2n) is 6.07. The Bertz CT molecular complexity index is 675. The van der Waals surface area contributed by atoms with Crippen molar-refractivity contribution in [3.8, 4) is 11.1 Å². The molecule has 0 saturated carbocycles. The summed E-state index contributed by atoms with van der Waals surface area (Å²) in [5, 5.41) is 3.34. The van der Waals surface area contributed by atoms with Crippen LogP contribution >= 0.6 is 11.6 Å². The maximum atomic E-state index is 12.5. The zero-order valence-electron chi connectivity index (χ0n) is 12.7. The summed E-state index contributed by atoms with van der Waals surface area (Å²) in [6.45, 7) is 7.85. The molecule has 1 N–H and O–H groups in total. The molecule has 1 heterocycles. The van der Waals surface area contributed by atoms with Gasteiger partial charge in [0.05, 0.1) is 5.56 Å². The number of carbonyl (C=O) groups excluding carboxylic acids is 1. The molecule has 110 valence electrons. The zero-order chi connectivity index (χ0) is 15.6. The number of halogens is 1. The van der Waals surface area contributed by atoms with Crippen molar-refractivity contribution in [3.05, 3.63) is 52.8 Å². The summed E-state index contributed by atoms with van der Waals surface area (Å²) in [7, 11) is 0. The number of hydrogen-bond donors (Lipinski definition) is 1. The first-order valence-corrected chi connectivity index (χ1v) is 7.20. The van der Waals surface area contributed by atoms with Crippen LogP contribution in [0, 0.1) is 6.92 Å². The van der Waals surface area contributed by atoms with Crippen molar-refractivity contribution in [2.45, 2.75) is 33.2 Å². The Labute approximate surface area is 130 Å². The van der Waals surface area contributed by atoms with Crippen molar-refractivity contribution in [1.82, 2.24) is 10.3 Å². The van der Waals surface area contributed by atoms with E-state index in [2.05, 4.69) is 10.3 Å². The highest BCUT2D eigenvalue weighted by molar-refractivity contribution is 6.29. The van der Waals surface area contributed by atoms with Crippen LogP contribution in [0.1, 0.15) is 36.7 Å². The Morgan fingerprint density at radius 1 is 1.19 bits per heavy atom. The lowest BCUT2D eigenvalue weighted by atomic mass is 9.96. The van der Waals surface area contributed by atoms with Gasteiger partial charge in [0.25, 0.3) is 5.91 Å². The monoisotopic (exact) mass is 302 g/mol. The molecule has 0 fully saturated rings. The Hall–Kier alpha value is -1.87. The lowest BCUT2D eigenvalue weighted by Crippen LogP contribution is -2.40. The maximum Gasteiger partial charge on any atom is 0.253 e. The minimum Gasteiger partial charge on any atom is -0.347 e. The molecule has 0 radical (unpaired) electrons. The molecule has 0 spiro atoms. The van der Waals surface area contributed by atoms with Gasteiger partial charge in [-0.3, -0.25) is 4.79 Å². The number of benzene rings is 1. The van der Waals surface area contributed by atoms with E-state index >= 15 is 0 Å². The van der Waals surface area contributed by atoms with Gasteiger partial charge < -0.3 is 5.32 Å². The first-order chi connectivity index (χ1) is 9.78. The van der Waals surface area contributed by atoms with Crippen LogP contribution in [0.3, 0.4) is 0 Å². The summed E-state index contributed by atoms with van der Waals surface area (Å²) >= 11 is 6.01. The maximum absolute atomic E-state index is 12.5. The van der Waals surface area contributed by atoms with E-state index in [1.165, 1.54) is 6.20 Å². The number of amides is 1. The number of hydrogen-bond acceptors (Lipinski definition) is 2. The molecule has 0 aliphatic carbocycles. The predicted molar refractivity (Wildman–Crippen MR) is 86.6 cm³/mol. The minimum atomic E-state index is -0.306. The number of aromatic nitrogens is 1. The summed E-state index contributed by atoms with van der Waals surface area (Å²) < 4.78 is 0. The van der Waals surface area contributed by atoms with Crippen LogP contribution in [0.25, 0.3) is 11.1 Å². The second kappa shape index (κ2) is 5.86. The number of pyridine rings is 1.